The lowest BCUT2D eigenvalue weighted by atomic mass is 9.91. The van der Waals surface area contributed by atoms with E-state index in [1.807, 2.05) is 0 Å². The number of nitro groups is 1. The molecule has 1 unspecified atom stereocenters. The van der Waals surface area contributed by atoms with Crippen LogP contribution in [-0.4, -0.2) is 66.1 Å². The Balaban J connectivity index is 1.77. The Hall–Kier alpha value is -1.99. The summed E-state index contributed by atoms with van der Waals surface area (Å²) in [6, 6.07) is 5.92. The molecule has 1 aromatic rings. The fourth-order valence-electron chi connectivity index (χ4n) is 3.52. The first-order valence-corrected chi connectivity index (χ1v) is 7.85. The first kappa shape index (κ1) is 15.9. The molecule has 2 aliphatic heterocycles. The first-order chi connectivity index (χ1) is 11.0. The number of carbonyl (C=O) groups excluding carboxylic acids is 1. The predicted molar refractivity (Wildman–Crippen MR) is 84.4 cm³/mol. The van der Waals surface area contributed by atoms with Crippen LogP contribution in [0.4, 0.5) is 5.69 Å². The Labute approximate surface area is 135 Å². The molecule has 1 amide bonds. The number of hydrogen-bond acceptors (Lipinski definition) is 5. The summed E-state index contributed by atoms with van der Waals surface area (Å²) >= 11 is 0. The van der Waals surface area contributed by atoms with Gasteiger partial charge in [-0.05, 0) is 32.5 Å². The Morgan fingerprint density at radius 3 is 2.91 bits per heavy atom. The normalized spacial score (nSPS) is 25.5. The van der Waals surface area contributed by atoms with Crippen molar-refractivity contribution in [1.29, 1.82) is 0 Å². The van der Waals surface area contributed by atoms with Crippen molar-refractivity contribution >= 4 is 11.6 Å². The summed E-state index contributed by atoms with van der Waals surface area (Å²) in [5, 5.41) is 10.9. The maximum Gasteiger partial charge on any atom is 0.270 e. The zero-order valence-electron chi connectivity index (χ0n) is 13.2. The third-order valence-electron chi connectivity index (χ3n) is 4.57. The van der Waals surface area contributed by atoms with Crippen molar-refractivity contribution in [3.8, 4) is 0 Å². The average Bonchev–Trinajstić information content (AvgIpc) is 2.54. The molecule has 0 N–H and O–H groups in total. The van der Waals surface area contributed by atoms with Gasteiger partial charge < -0.3 is 14.5 Å². The molecule has 0 saturated carbocycles. The van der Waals surface area contributed by atoms with E-state index >= 15 is 0 Å². The van der Waals surface area contributed by atoms with E-state index in [1.165, 1.54) is 12.1 Å². The number of benzene rings is 1. The van der Waals surface area contributed by atoms with Gasteiger partial charge in [-0.3, -0.25) is 14.9 Å². The predicted octanol–water partition coefficient (Wildman–Crippen LogP) is 1.53. The summed E-state index contributed by atoms with van der Waals surface area (Å²) in [7, 11) is 2.06. The number of morpholine rings is 1. The number of rotatable bonds is 2. The number of likely N-dealkylation sites (tertiary alicyclic amines) is 1. The third-order valence-corrected chi connectivity index (χ3v) is 4.57. The van der Waals surface area contributed by atoms with Crippen molar-refractivity contribution in [2.45, 2.75) is 18.4 Å². The molecule has 124 valence electrons. The first-order valence-electron chi connectivity index (χ1n) is 7.85. The van der Waals surface area contributed by atoms with Gasteiger partial charge in [-0.1, -0.05) is 6.07 Å². The lowest BCUT2D eigenvalue weighted by Gasteiger charge is -2.47. The number of ether oxygens (including phenoxy) is 1. The molecule has 3 rings (SSSR count). The van der Waals surface area contributed by atoms with Crippen molar-refractivity contribution in [3.05, 3.63) is 39.9 Å². The molecule has 2 fully saturated rings. The smallest absolute Gasteiger partial charge is 0.270 e. The van der Waals surface area contributed by atoms with E-state index in [2.05, 4.69) is 11.9 Å². The molecule has 2 saturated heterocycles. The van der Waals surface area contributed by atoms with E-state index in [0.29, 0.717) is 25.3 Å². The van der Waals surface area contributed by atoms with Gasteiger partial charge in [0, 0.05) is 30.8 Å². The molecule has 1 aromatic carbocycles. The van der Waals surface area contributed by atoms with Gasteiger partial charge in [0.25, 0.3) is 11.6 Å². The zero-order valence-corrected chi connectivity index (χ0v) is 13.2. The third kappa shape index (κ3) is 3.35. The number of nitro benzene ring substituents is 1. The van der Waals surface area contributed by atoms with Gasteiger partial charge in [-0.25, -0.2) is 0 Å². The zero-order chi connectivity index (χ0) is 16.4. The van der Waals surface area contributed by atoms with Crippen LogP contribution in [0.25, 0.3) is 0 Å². The maximum absolute atomic E-state index is 12.7. The highest BCUT2D eigenvalue weighted by Crippen LogP contribution is 2.29. The monoisotopic (exact) mass is 319 g/mol. The summed E-state index contributed by atoms with van der Waals surface area (Å²) in [6.07, 6.45) is 1.99. The number of hydrogen-bond donors (Lipinski definition) is 0. The maximum atomic E-state index is 12.7. The topological polar surface area (TPSA) is 75.9 Å². The molecular weight excluding hydrogens is 298 g/mol. The van der Waals surface area contributed by atoms with Crippen LogP contribution in [0, 0.1) is 10.1 Å². The summed E-state index contributed by atoms with van der Waals surface area (Å²) in [4.78, 5) is 27.1. The molecule has 1 atom stereocenters. The lowest BCUT2D eigenvalue weighted by molar-refractivity contribution is -0.384. The van der Waals surface area contributed by atoms with E-state index in [4.69, 9.17) is 4.74 Å². The average molecular weight is 319 g/mol. The second-order valence-electron chi connectivity index (χ2n) is 6.41. The van der Waals surface area contributed by atoms with Gasteiger partial charge in [0.15, 0.2) is 0 Å². The standard InChI is InChI=1S/C16H21N3O4/c1-17-7-3-6-16(11-17)12-18(8-9-23-16)15(20)13-4-2-5-14(10-13)19(21)22/h2,4-5,10H,3,6-9,11-12H2,1H3. The SMILES string of the molecule is CN1CCCC2(C1)CN(C(=O)c1cccc([N+](=O)[O-])c1)CCO2. The van der Waals surface area contributed by atoms with Gasteiger partial charge in [-0.2, -0.15) is 0 Å². The van der Waals surface area contributed by atoms with Gasteiger partial charge in [-0.15, -0.1) is 0 Å². The minimum Gasteiger partial charge on any atom is -0.370 e. The Kier molecular flexibility index (Phi) is 4.32. The number of carbonyl (C=O) groups is 1. The fraction of sp³-hybridized carbons (Fsp3) is 0.562. The number of amides is 1. The largest absolute Gasteiger partial charge is 0.370 e. The highest BCUT2D eigenvalue weighted by molar-refractivity contribution is 5.95. The van der Waals surface area contributed by atoms with Gasteiger partial charge in [0.1, 0.15) is 0 Å². The van der Waals surface area contributed by atoms with Gasteiger partial charge in [0.05, 0.1) is 23.7 Å². The van der Waals surface area contributed by atoms with Crippen molar-refractivity contribution in [2.75, 3.05) is 39.8 Å². The van der Waals surface area contributed by atoms with Crippen LogP contribution >= 0.6 is 0 Å². The molecule has 0 radical (unpaired) electrons. The Morgan fingerprint density at radius 2 is 2.17 bits per heavy atom. The minimum atomic E-state index is -0.478. The molecule has 7 heteroatoms. The molecule has 0 aromatic heterocycles. The van der Waals surface area contributed by atoms with Crippen molar-refractivity contribution in [3.63, 3.8) is 0 Å². The van der Waals surface area contributed by atoms with Crippen molar-refractivity contribution in [1.82, 2.24) is 9.80 Å². The highest BCUT2D eigenvalue weighted by Gasteiger charge is 2.41. The van der Waals surface area contributed by atoms with E-state index in [9.17, 15) is 14.9 Å². The van der Waals surface area contributed by atoms with Crippen LogP contribution in [0.15, 0.2) is 24.3 Å². The van der Waals surface area contributed by atoms with E-state index in [0.717, 1.165) is 25.9 Å². The summed E-state index contributed by atoms with van der Waals surface area (Å²) in [5.74, 6) is -0.162. The van der Waals surface area contributed by atoms with Crippen molar-refractivity contribution in [2.24, 2.45) is 0 Å². The Morgan fingerprint density at radius 1 is 1.35 bits per heavy atom. The quantitative estimate of drug-likeness (QED) is 0.610. The van der Waals surface area contributed by atoms with Gasteiger partial charge in [0.2, 0.25) is 0 Å². The van der Waals surface area contributed by atoms with Crippen molar-refractivity contribution < 1.29 is 14.5 Å². The second kappa shape index (κ2) is 6.25. The van der Waals surface area contributed by atoms with Crippen LogP contribution in [0.5, 0.6) is 0 Å². The fourth-order valence-corrected chi connectivity index (χ4v) is 3.52. The van der Waals surface area contributed by atoms with Crippen LogP contribution in [0.1, 0.15) is 23.2 Å². The molecule has 23 heavy (non-hydrogen) atoms. The highest BCUT2D eigenvalue weighted by atomic mass is 16.6. The summed E-state index contributed by atoms with van der Waals surface area (Å²) in [6.45, 7) is 3.43. The second-order valence-corrected chi connectivity index (χ2v) is 6.41. The summed E-state index contributed by atoms with van der Waals surface area (Å²) < 4.78 is 6.01. The molecule has 1 spiro atoms. The number of nitrogens with zero attached hydrogens (tertiary/aromatic N) is 3. The van der Waals surface area contributed by atoms with Crippen LogP contribution in [0.3, 0.4) is 0 Å². The molecule has 7 nitrogen and oxygen atoms in total. The van der Waals surface area contributed by atoms with E-state index in [-0.39, 0.29) is 17.2 Å². The summed E-state index contributed by atoms with van der Waals surface area (Å²) in [5.41, 5.74) is -0.00150. The molecule has 0 bridgehead atoms. The number of piperidine rings is 1. The van der Waals surface area contributed by atoms with Crippen LogP contribution in [-0.2, 0) is 4.74 Å². The minimum absolute atomic E-state index is 0.0591. The molecule has 0 aliphatic carbocycles. The molecular formula is C16H21N3O4. The van der Waals surface area contributed by atoms with Crippen LogP contribution < -0.4 is 0 Å². The van der Waals surface area contributed by atoms with E-state index in [1.54, 1.807) is 17.0 Å². The molecule has 2 heterocycles. The van der Waals surface area contributed by atoms with E-state index < -0.39 is 4.92 Å². The van der Waals surface area contributed by atoms with Gasteiger partial charge >= 0.3 is 0 Å². The Bertz CT molecular complexity index is 617. The number of non-ortho nitro benzene ring substituents is 1. The number of likely N-dealkylation sites (N-methyl/N-ethyl adjacent to an activating group) is 1. The lowest BCUT2D eigenvalue weighted by Crippen LogP contribution is -2.60. The van der Waals surface area contributed by atoms with Crippen LogP contribution in [0.2, 0.25) is 0 Å². The molecule has 2 aliphatic rings.